The molecular formula is C26H19N3O6S. The molecule has 4 aromatic rings. The van der Waals surface area contributed by atoms with Crippen LogP contribution in [0.4, 0.5) is 10.8 Å². The molecule has 0 saturated carbocycles. The summed E-state index contributed by atoms with van der Waals surface area (Å²) in [6.07, 6.45) is 0. The molecule has 5 rings (SSSR count). The molecular weight excluding hydrogens is 482 g/mol. The molecule has 1 atom stereocenters. The molecule has 1 saturated heterocycles. The zero-order chi connectivity index (χ0) is 25.6. The Morgan fingerprint density at radius 1 is 1.08 bits per heavy atom. The summed E-state index contributed by atoms with van der Waals surface area (Å²) in [5.41, 5.74) is 2.16. The largest absolute Gasteiger partial charge is 0.507 e. The zero-order valence-corrected chi connectivity index (χ0v) is 20.0. The first kappa shape index (κ1) is 23.2. The Hall–Kier alpha value is -4.57. The van der Waals surface area contributed by atoms with Crippen molar-refractivity contribution in [1.29, 1.82) is 0 Å². The zero-order valence-electron chi connectivity index (χ0n) is 19.2. The maximum atomic E-state index is 13.3. The number of carbonyl (C=O) groups is 2. The van der Waals surface area contributed by atoms with Gasteiger partial charge in [0.05, 0.1) is 33.9 Å². The SMILES string of the molecule is COc1ccc(C(O)=C2C(=O)C(=O)N(c3nc4ccc(C)cc4s3)C2c2ccc([N+](=O)[O-])cc2)cc1. The number of thiazole rings is 1. The number of aliphatic hydroxyl groups is 1. The number of benzene rings is 3. The monoisotopic (exact) mass is 501 g/mol. The number of hydrogen-bond donors (Lipinski definition) is 1. The van der Waals surface area contributed by atoms with Crippen LogP contribution in [0.1, 0.15) is 22.7 Å². The fourth-order valence-corrected chi connectivity index (χ4v) is 5.24. The van der Waals surface area contributed by atoms with E-state index in [9.17, 15) is 24.8 Å². The summed E-state index contributed by atoms with van der Waals surface area (Å²) in [5, 5.41) is 22.7. The molecule has 1 unspecified atom stereocenters. The van der Waals surface area contributed by atoms with E-state index in [4.69, 9.17) is 4.74 Å². The number of rotatable bonds is 5. The average molecular weight is 502 g/mol. The van der Waals surface area contributed by atoms with Crippen molar-refractivity contribution < 1.29 is 24.4 Å². The van der Waals surface area contributed by atoms with Gasteiger partial charge in [-0.25, -0.2) is 4.98 Å². The molecule has 1 N–H and O–H groups in total. The Morgan fingerprint density at radius 3 is 2.42 bits per heavy atom. The smallest absolute Gasteiger partial charge is 0.301 e. The van der Waals surface area contributed by atoms with Crippen molar-refractivity contribution in [1.82, 2.24) is 4.98 Å². The highest BCUT2D eigenvalue weighted by Gasteiger charge is 2.48. The highest BCUT2D eigenvalue weighted by Crippen LogP contribution is 2.44. The summed E-state index contributed by atoms with van der Waals surface area (Å²) in [4.78, 5) is 43.1. The predicted octanol–water partition coefficient (Wildman–Crippen LogP) is 5.15. The first-order valence-corrected chi connectivity index (χ1v) is 11.7. The van der Waals surface area contributed by atoms with Gasteiger partial charge in [0.15, 0.2) is 5.13 Å². The standard InChI is InChI=1S/C26H19N3O6S/c1-14-3-12-19-20(13-14)36-26(27-19)28-22(15-4-8-17(9-5-15)29(33)34)21(24(31)25(28)32)23(30)16-6-10-18(35-2)11-7-16/h3-13,22,30H,1-2H3. The molecule has 0 radical (unpaired) electrons. The van der Waals surface area contributed by atoms with Gasteiger partial charge >= 0.3 is 5.91 Å². The van der Waals surface area contributed by atoms with Crippen LogP contribution in [0.3, 0.4) is 0 Å². The number of methoxy groups -OCH3 is 1. The summed E-state index contributed by atoms with van der Waals surface area (Å²) >= 11 is 1.25. The third kappa shape index (κ3) is 3.87. The molecule has 1 aliphatic rings. The summed E-state index contributed by atoms with van der Waals surface area (Å²) < 4.78 is 5.99. The molecule has 1 fully saturated rings. The van der Waals surface area contributed by atoms with E-state index in [1.54, 1.807) is 24.3 Å². The summed E-state index contributed by atoms with van der Waals surface area (Å²) in [7, 11) is 1.51. The van der Waals surface area contributed by atoms with Crippen molar-refractivity contribution >= 4 is 49.8 Å². The van der Waals surface area contributed by atoms with Gasteiger partial charge < -0.3 is 9.84 Å². The Morgan fingerprint density at radius 2 is 1.78 bits per heavy atom. The van der Waals surface area contributed by atoms with E-state index in [0.717, 1.165) is 10.3 Å². The van der Waals surface area contributed by atoms with Crippen molar-refractivity contribution in [3.63, 3.8) is 0 Å². The topological polar surface area (TPSA) is 123 Å². The Kier molecular flexibility index (Phi) is 5.73. The minimum Gasteiger partial charge on any atom is -0.507 e. The lowest BCUT2D eigenvalue weighted by atomic mass is 9.95. The molecule has 36 heavy (non-hydrogen) atoms. The minimum atomic E-state index is -1.03. The molecule has 0 bridgehead atoms. The number of ketones is 1. The van der Waals surface area contributed by atoms with Crippen molar-refractivity contribution in [2.24, 2.45) is 0 Å². The molecule has 2 heterocycles. The number of anilines is 1. The number of aromatic nitrogens is 1. The van der Waals surface area contributed by atoms with E-state index in [1.807, 2.05) is 25.1 Å². The van der Waals surface area contributed by atoms with Crippen LogP contribution < -0.4 is 9.64 Å². The first-order valence-electron chi connectivity index (χ1n) is 10.9. The van der Waals surface area contributed by atoms with Crippen molar-refractivity contribution in [2.45, 2.75) is 13.0 Å². The first-order chi connectivity index (χ1) is 17.3. The van der Waals surface area contributed by atoms with Crippen LogP contribution in [0.15, 0.2) is 72.3 Å². The normalized spacial score (nSPS) is 17.1. The number of Topliss-reactive ketones (excluding diaryl/α,β-unsaturated/α-hetero) is 1. The van der Waals surface area contributed by atoms with Gasteiger partial charge in [-0.3, -0.25) is 24.6 Å². The van der Waals surface area contributed by atoms with Crippen molar-refractivity contribution in [3.05, 3.63) is 99.1 Å². The maximum absolute atomic E-state index is 13.3. The molecule has 9 nitrogen and oxygen atoms in total. The number of ether oxygens (including phenoxy) is 1. The number of nitro groups is 1. The molecule has 3 aromatic carbocycles. The predicted molar refractivity (Wildman–Crippen MR) is 135 cm³/mol. The highest BCUT2D eigenvalue weighted by atomic mass is 32.1. The Labute approximate surface area is 209 Å². The number of amides is 1. The number of aliphatic hydroxyl groups excluding tert-OH is 1. The Bertz CT molecular complexity index is 1560. The quantitative estimate of drug-likeness (QED) is 0.132. The van der Waals surface area contributed by atoms with Crippen LogP contribution in [-0.4, -0.2) is 33.8 Å². The lowest BCUT2D eigenvalue weighted by Gasteiger charge is -2.22. The van der Waals surface area contributed by atoms with E-state index in [2.05, 4.69) is 4.98 Å². The fourth-order valence-electron chi connectivity index (χ4n) is 4.15. The van der Waals surface area contributed by atoms with Crippen LogP contribution >= 0.6 is 11.3 Å². The van der Waals surface area contributed by atoms with E-state index in [0.29, 0.717) is 22.4 Å². The van der Waals surface area contributed by atoms with E-state index in [-0.39, 0.29) is 22.2 Å². The van der Waals surface area contributed by atoms with Crippen LogP contribution in [0.5, 0.6) is 5.75 Å². The second-order valence-corrected chi connectivity index (χ2v) is 9.22. The van der Waals surface area contributed by atoms with Gasteiger partial charge in [-0.05, 0) is 66.6 Å². The van der Waals surface area contributed by atoms with Gasteiger partial charge in [0.2, 0.25) is 0 Å². The van der Waals surface area contributed by atoms with E-state index >= 15 is 0 Å². The maximum Gasteiger partial charge on any atom is 0.301 e. The highest BCUT2D eigenvalue weighted by molar-refractivity contribution is 7.22. The average Bonchev–Trinajstić information content (AvgIpc) is 3.41. The number of non-ortho nitro benzene ring substituents is 1. The third-order valence-electron chi connectivity index (χ3n) is 5.97. The molecule has 1 aromatic heterocycles. The number of nitrogens with zero attached hydrogens (tertiary/aromatic N) is 3. The Balaban J connectivity index is 1.70. The molecule has 180 valence electrons. The van der Waals surface area contributed by atoms with Gasteiger partial charge in [0, 0.05) is 17.7 Å². The van der Waals surface area contributed by atoms with Crippen LogP contribution in [0.25, 0.3) is 16.0 Å². The van der Waals surface area contributed by atoms with Gasteiger partial charge in [0.1, 0.15) is 11.5 Å². The number of fused-ring (bicyclic) bond motifs is 1. The van der Waals surface area contributed by atoms with Gasteiger partial charge in [0.25, 0.3) is 11.5 Å². The van der Waals surface area contributed by atoms with Crippen LogP contribution in [0.2, 0.25) is 0 Å². The number of aryl methyl sites for hydroxylation is 1. The van der Waals surface area contributed by atoms with Gasteiger partial charge in [-0.2, -0.15) is 0 Å². The molecule has 0 aliphatic carbocycles. The molecule has 1 aliphatic heterocycles. The lowest BCUT2D eigenvalue weighted by Crippen LogP contribution is -2.29. The number of nitro benzene ring substituents is 1. The summed E-state index contributed by atoms with van der Waals surface area (Å²) in [6, 6.07) is 16.6. The van der Waals surface area contributed by atoms with E-state index in [1.165, 1.54) is 47.6 Å². The van der Waals surface area contributed by atoms with Gasteiger partial charge in [-0.15, -0.1) is 0 Å². The summed E-state index contributed by atoms with van der Waals surface area (Å²) in [6.45, 7) is 1.94. The molecule has 10 heteroatoms. The second-order valence-electron chi connectivity index (χ2n) is 8.21. The van der Waals surface area contributed by atoms with Crippen LogP contribution in [-0.2, 0) is 9.59 Å². The number of carbonyl (C=O) groups excluding carboxylic acids is 2. The number of hydrogen-bond acceptors (Lipinski definition) is 8. The third-order valence-corrected chi connectivity index (χ3v) is 6.98. The molecule has 0 spiro atoms. The van der Waals surface area contributed by atoms with Crippen LogP contribution in [0, 0.1) is 17.0 Å². The molecule has 1 amide bonds. The second kappa shape index (κ2) is 8.90. The fraction of sp³-hybridized carbons (Fsp3) is 0.115. The van der Waals surface area contributed by atoms with E-state index < -0.39 is 22.7 Å². The van der Waals surface area contributed by atoms with Crippen molar-refractivity contribution in [3.8, 4) is 5.75 Å². The lowest BCUT2D eigenvalue weighted by molar-refractivity contribution is -0.384. The minimum absolute atomic E-state index is 0.130. The summed E-state index contributed by atoms with van der Waals surface area (Å²) in [5.74, 6) is -1.52. The van der Waals surface area contributed by atoms with Crippen molar-refractivity contribution in [2.75, 3.05) is 12.0 Å². The van der Waals surface area contributed by atoms with Gasteiger partial charge in [-0.1, -0.05) is 17.4 Å².